The van der Waals surface area contributed by atoms with Crippen molar-refractivity contribution in [3.63, 3.8) is 0 Å². The summed E-state index contributed by atoms with van der Waals surface area (Å²) < 4.78 is 0. The van der Waals surface area contributed by atoms with Gasteiger partial charge in [-0.3, -0.25) is 0 Å². The number of fused-ring (bicyclic) bond motifs is 1. The van der Waals surface area contributed by atoms with Gasteiger partial charge in [0, 0.05) is 12.6 Å². The third-order valence-electron chi connectivity index (χ3n) is 2.70. The molecule has 0 aliphatic heterocycles. The Morgan fingerprint density at radius 3 is 3.14 bits per heavy atom. The first-order valence-electron chi connectivity index (χ1n) is 4.98. The molecule has 2 heteroatoms. The highest BCUT2D eigenvalue weighted by Crippen LogP contribution is 2.30. The fourth-order valence-electron chi connectivity index (χ4n) is 2.02. The van der Waals surface area contributed by atoms with E-state index in [2.05, 4.69) is 51.6 Å². The lowest BCUT2D eigenvalue weighted by atomic mass is 10.1. The number of hydrogen-bond donors (Lipinski definition) is 1. The van der Waals surface area contributed by atoms with Crippen molar-refractivity contribution in [2.24, 2.45) is 0 Å². The maximum Gasteiger partial charge on any atom is 0.0328 e. The first kappa shape index (κ1) is 9.94. The summed E-state index contributed by atoms with van der Waals surface area (Å²) in [5.74, 6) is 0. The molecule has 2 rings (SSSR count). The highest BCUT2D eigenvalue weighted by molar-refractivity contribution is 9.11. The van der Waals surface area contributed by atoms with Crippen LogP contribution in [0.4, 0.5) is 0 Å². The lowest BCUT2D eigenvalue weighted by Gasteiger charge is -2.11. The molecule has 0 amide bonds. The van der Waals surface area contributed by atoms with Crippen LogP contribution in [0.15, 0.2) is 35.3 Å². The number of nitrogens with one attached hydrogen (secondary N) is 1. The van der Waals surface area contributed by atoms with Crippen LogP contribution in [-0.2, 0) is 6.42 Å². The Hall–Kier alpha value is -0.600. The van der Waals surface area contributed by atoms with E-state index in [1.807, 2.05) is 4.99 Å². The Morgan fingerprint density at radius 1 is 1.43 bits per heavy atom. The number of rotatable bonds is 3. The highest BCUT2D eigenvalue weighted by atomic mass is 79.9. The van der Waals surface area contributed by atoms with Crippen LogP contribution in [0.1, 0.15) is 23.6 Å². The van der Waals surface area contributed by atoms with Crippen LogP contribution in [0.3, 0.4) is 0 Å². The second kappa shape index (κ2) is 4.76. The van der Waals surface area contributed by atoms with Gasteiger partial charge < -0.3 is 5.32 Å². The van der Waals surface area contributed by atoms with E-state index in [-0.39, 0.29) is 0 Å². The molecule has 0 saturated carbocycles. The fourth-order valence-corrected chi connectivity index (χ4v) is 2.21. The van der Waals surface area contributed by atoms with Gasteiger partial charge in [0.25, 0.3) is 0 Å². The maximum atomic E-state index is 3.52. The van der Waals surface area contributed by atoms with Crippen LogP contribution in [0, 0.1) is 0 Å². The summed E-state index contributed by atoms with van der Waals surface area (Å²) in [6, 6.07) is 9.27. The van der Waals surface area contributed by atoms with E-state index in [4.69, 9.17) is 0 Å². The zero-order chi connectivity index (χ0) is 9.80. The van der Waals surface area contributed by atoms with Crippen molar-refractivity contribution in [1.29, 1.82) is 0 Å². The summed E-state index contributed by atoms with van der Waals surface area (Å²) in [4.78, 5) is 1.90. The Bertz CT molecular complexity index is 333. The first-order chi connectivity index (χ1) is 6.92. The van der Waals surface area contributed by atoms with Crippen LogP contribution in [0.25, 0.3) is 0 Å². The Balaban J connectivity index is 2.03. The van der Waals surface area contributed by atoms with Gasteiger partial charge in [0.15, 0.2) is 0 Å². The highest BCUT2D eigenvalue weighted by Gasteiger charge is 2.20. The molecular weight excluding hydrogens is 238 g/mol. The predicted molar refractivity (Wildman–Crippen MR) is 63.6 cm³/mol. The molecule has 1 nitrogen and oxygen atoms in total. The second-order valence-corrected chi connectivity index (χ2v) is 4.09. The Kier molecular flexibility index (Phi) is 3.38. The molecule has 0 unspecified atom stereocenters. The summed E-state index contributed by atoms with van der Waals surface area (Å²) in [7, 11) is 0. The smallest absolute Gasteiger partial charge is 0.0328 e. The quantitative estimate of drug-likeness (QED) is 0.871. The van der Waals surface area contributed by atoms with Gasteiger partial charge in [-0.25, -0.2) is 0 Å². The largest absolute Gasteiger partial charge is 0.306 e. The van der Waals surface area contributed by atoms with Gasteiger partial charge in [0.1, 0.15) is 0 Å². The van der Waals surface area contributed by atoms with Crippen LogP contribution in [0.5, 0.6) is 0 Å². The summed E-state index contributed by atoms with van der Waals surface area (Å²) >= 11 is 3.27. The summed E-state index contributed by atoms with van der Waals surface area (Å²) in [6.45, 7) is 0.935. The van der Waals surface area contributed by atoms with Crippen molar-refractivity contribution in [3.05, 3.63) is 46.5 Å². The molecule has 1 atom stereocenters. The molecule has 0 spiro atoms. The normalized spacial score (nSPS) is 20.2. The standard InChI is InChI=1S/C12H14BrN/c13-8-3-9-14-12-7-6-10-4-1-2-5-11(10)12/h1-5,8,12,14H,6-7,9H2/b8-3+/t12-/m1/s1. The van der Waals surface area contributed by atoms with Crippen molar-refractivity contribution >= 4 is 15.9 Å². The minimum atomic E-state index is 0.551. The third kappa shape index (κ3) is 2.07. The van der Waals surface area contributed by atoms with Gasteiger partial charge in [0.05, 0.1) is 0 Å². The molecule has 74 valence electrons. The minimum Gasteiger partial charge on any atom is -0.306 e. The van der Waals surface area contributed by atoms with Gasteiger partial charge in [-0.15, -0.1) is 0 Å². The topological polar surface area (TPSA) is 12.0 Å². The van der Waals surface area contributed by atoms with E-state index in [1.165, 1.54) is 24.0 Å². The monoisotopic (exact) mass is 251 g/mol. The SMILES string of the molecule is Br/C=C/CN[C@@H]1CCc2ccccc21. The molecule has 1 aromatic carbocycles. The van der Waals surface area contributed by atoms with Crippen LogP contribution < -0.4 is 5.32 Å². The fraction of sp³-hybridized carbons (Fsp3) is 0.333. The first-order valence-corrected chi connectivity index (χ1v) is 5.90. The molecule has 1 aliphatic rings. The summed E-state index contributed by atoms with van der Waals surface area (Å²) in [5, 5.41) is 3.52. The Labute approximate surface area is 93.3 Å². The van der Waals surface area contributed by atoms with Crippen molar-refractivity contribution < 1.29 is 0 Å². The lowest BCUT2D eigenvalue weighted by molar-refractivity contribution is 0.564. The van der Waals surface area contributed by atoms with Crippen LogP contribution in [0.2, 0.25) is 0 Å². The molecule has 0 heterocycles. The molecule has 0 aromatic heterocycles. The van der Waals surface area contributed by atoms with E-state index >= 15 is 0 Å². The number of hydrogen-bond acceptors (Lipinski definition) is 1. The number of benzene rings is 1. The number of halogens is 1. The predicted octanol–water partition coefficient (Wildman–Crippen LogP) is 3.17. The molecule has 14 heavy (non-hydrogen) atoms. The van der Waals surface area contributed by atoms with Crippen molar-refractivity contribution in [2.75, 3.05) is 6.54 Å². The van der Waals surface area contributed by atoms with Gasteiger partial charge >= 0.3 is 0 Å². The summed E-state index contributed by atoms with van der Waals surface area (Å²) in [6.07, 6.45) is 4.53. The average Bonchev–Trinajstić information content (AvgIpc) is 2.63. The molecule has 1 aliphatic carbocycles. The molecule has 1 N–H and O–H groups in total. The second-order valence-electron chi connectivity index (χ2n) is 3.56. The zero-order valence-corrected chi connectivity index (χ0v) is 9.63. The molecule has 0 radical (unpaired) electrons. The number of aryl methyl sites for hydroxylation is 1. The van der Waals surface area contributed by atoms with E-state index in [9.17, 15) is 0 Å². The summed E-state index contributed by atoms with van der Waals surface area (Å²) in [5.41, 5.74) is 2.99. The minimum absolute atomic E-state index is 0.551. The van der Waals surface area contributed by atoms with E-state index in [1.54, 1.807) is 0 Å². The van der Waals surface area contributed by atoms with Crippen molar-refractivity contribution in [1.82, 2.24) is 5.32 Å². The molecule has 1 aromatic rings. The Morgan fingerprint density at radius 2 is 2.29 bits per heavy atom. The van der Waals surface area contributed by atoms with Gasteiger partial charge in [-0.05, 0) is 29.0 Å². The molecule has 0 saturated heterocycles. The molecular formula is C12H14BrN. The average molecular weight is 252 g/mol. The van der Waals surface area contributed by atoms with Crippen LogP contribution >= 0.6 is 15.9 Å². The van der Waals surface area contributed by atoms with E-state index in [0.717, 1.165) is 6.54 Å². The lowest BCUT2D eigenvalue weighted by Crippen LogP contribution is -2.18. The zero-order valence-electron chi connectivity index (χ0n) is 8.04. The van der Waals surface area contributed by atoms with Crippen molar-refractivity contribution in [2.45, 2.75) is 18.9 Å². The maximum absolute atomic E-state index is 3.52. The van der Waals surface area contributed by atoms with Crippen molar-refractivity contribution in [3.8, 4) is 0 Å². The van der Waals surface area contributed by atoms with Gasteiger partial charge in [-0.1, -0.05) is 46.3 Å². The van der Waals surface area contributed by atoms with Gasteiger partial charge in [0.2, 0.25) is 0 Å². The third-order valence-corrected chi connectivity index (χ3v) is 3.08. The van der Waals surface area contributed by atoms with Crippen LogP contribution in [-0.4, -0.2) is 6.54 Å². The molecule has 0 bridgehead atoms. The van der Waals surface area contributed by atoms with E-state index < -0.39 is 0 Å². The van der Waals surface area contributed by atoms with E-state index in [0.29, 0.717) is 6.04 Å². The van der Waals surface area contributed by atoms with Gasteiger partial charge in [-0.2, -0.15) is 0 Å². The molecule has 0 fully saturated rings.